The van der Waals surface area contributed by atoms with Gasteiger partial charge in [-0.3, -0.25) is 29.0 Å². The average Bonchev–Trinajstić information content (AvgIpc) is 3.19. The van der Waals surface area contributed by atoms with Gasteiger partial charge < -0.3 is 37.6 Å². The first kappa shape index (κ1) is 41.0. The molecule has 0 saturated carbocycles. The van der Waals surface area contributed by atoms with Crippen molar-refractivity contribution in [2.24, 2.45) is 17.4 Å². The summed E-state index contributed by atoms with van der Waals surface area (Å²) in [6, 6.07) is 18.8. The number of amides is 5. The summed E-state index contributed by atoms with van der Waals surface area (Å²) in [6.45, 7) is 5.73. The number of carbonyl (C=O) groups excluding carboxylic acids is 5. The van der Waals surface area contributed by atoms with Crippen LogP contribution in [0.15, 0.2) is 79.0 Å². The molecule has 0 bridgehead atoms. The molecule has 1 spiro atoms. The molecule has 0 unspecified atom stereocenters. The van der Waals surface area contributed by atoms with Gasteiger partial charge in [0.05, 0.1) is 6.04 Å². The number of nitrogens with two attached hydrogens (primary N) is 2. The topological polar surface area (TPSA) is 202 Å². The van der Waals surface area contributed by atoms with Gasteiger partial charge in [-0.05, 0) is 80.2 Å². The van der Waals surface area contributed by atoms with Crippen LogP contribution in [0, 0.1) is 5.92 Å². The number of nitrogens with one attached hydrogen (secondary N) is 4. The van der Waals surface area contributed by atoms with Crippen molar-refractivity contribution in [3.63, 3.8) is 0 Å². The number of fused-ring (bicyclic) bond motifs is 2. The Morgan fingerprint density at radius 3 is 2.04 bits per heavy atom. The highest BCUT2D eigenvalue weighted by atomic mass is 16.2. The summed E-state index contributed by atoms with van der Waals surface area (Å²) >= 11 is 0. The molecule has 294 valence electrons. The summed E-state index contributed by atoms with van der Waals surface area (Å²) in [7, 11) is 0. The molecule has 2 aliphatic rings. The largest absolute Gasteiger partial charge is 0.350 e. The maximum atomic E-state index is 14.1. The predicted molar refractivity (Wildman–Crippen MR) is 210 cm³/mol. The highest BCUT2D eigenvalue weighted by Crippen LogP contribution is 2.38. The zero-order chi connectivity index (χ0) is 39.4. The van der Waals surface area contributed by atoms with Crippen LogP contribution in [0.4, 0.5) is 0 Å². The van der Waals surface area contributed by atoms with E-state index < -0.39 is 41.9 Å². The van der Waals surface area contributed by atoms with Crippen molar-refractivity contribution in [1.29, 1.82) is 0 Å². The Kier molecular flexibility index (Phi) is 14.5. The number of likely N-dealkylation sites (tertiary alicyclic amines) is 1. The first-order chi connectivity index (χ1) is 26.5. The molecule has 0 radical (unpaired) electrons. The van der Waals surface area contributed by atoms with Crippen LogP contribution in [0.25, 0.3) is 0 Å². The van der Waals surface area contributed by atoms with Crippen molar-refractivity contribution in [2.75, 3.05) is 26.2 Å². The molecule has 3 aromatic rings. The number of aromatic nitrogens is 1. The van der Waals surface area contributed by atoms with Crippen molar-refractivity contribution in [2.45, 2.75) is 94.8 Å². The van der Waals surface area contributed by atoms with E-state index in [0.717, 1.165) is 16.7 Å². The van der Waals surface area contributed by atoms with E-state index in [1.807, 2.05) is 86.6 Å². The number of rotatable bonds is 17. The first-order valence-corrected chi connectivity index (χ1v) is 19.5. The van der Waals surface area contributed by atoms with E-state index in [0.29, 0.717) is 76.8 Å². The molecular formula is C42H56N8O5. The number of carbonyl (C=O) groups is 5. The third kappa shape index (κ3) is 11.0. The van der Waals surface area contributed by atoms with Crippen LogP contribution < -0.4 is 32.7 Å². The number of hydrogen-bond acceptors (Lipinski definition) is 8. The molecule has 2 aliphatic heterocycles. The van der Waals surface area contributed by atoms with E-state index in [-0.39, 0.29) is 29.6 Å². The monoisotopic (exact) mass is 752 g/mol. The molecule has 1 saturated heterocycles. The van der Waals surface area contributed by atoms with Gasteiger partial charge in [0.1, 0.15) is 23.8 Å². The van der Waals surface area contributed by atoms with Crippen molar-refractivity contribution >= 4 is 29.5 Å². The fourth-order valence-corrected chi connectivity index (χ4v) is 7.56. The van der Waals surface area contributed by atoms with Gasteiger partial charge in [-0.1, -0.05) is 80.6 Å². The second kappa shape index (κ2) is 19.4. The normalized spacial score (nSPS) is 17.0. The number of nitrogens with zero attached hydrogens (tertiary/aromatic N) is 2. The first-order valence-electron chi connectivity index (χ1n) is 19.5. The Balaban J connectivity index is 1.28. The van der Waals surface area contributed by atoms with Crippen molar-refractivity contribution < 1.29 is 24.0 Å². The Bertz CT molecular complexity index is 1760. The molecule has 2 aromatic carbocycles. The van der Waals surface area contributed by atoms with E-state index >= 15 is 0 Å². The molecular weight excluding hydrogens is 697 g/mol. The highest BCUT2D eigenvalue weighted by molar-refractivity contribution is 5.96. The molecule has 4 atom stereocenters. The number of pyridine rings is 1. The number of benzene rings is 2. The van der Waals surface area contributed by atoms with Gasteiger partial charge in [0.2, 0.25) is 23.6 Å². The van der Waals surface area contributed by atoms with Crippen molar-refractivity contribution in [3.8, 4) is 0 Å². The summed E-state index contributed by atoms with van der Waals surface area (Å²) in [4.78, 5) is 74.2. The summed E-state index contributed by atoms with van der Waals surface area (Å²) in [5.41, 5.74) is 14.8. The lowest BCUT2D eigenvalue weighted by molar-refractivity contribution is -0.139. The molecule has 1 aromatic heterocycles. The van der Waals surface area contributed by atoms with Gasteiger partial charge in [-0.15, -0.1) is 0 Å². The molecule has 55 heavy (non-hydrogen) atoms. The lowest BCUT2D eigenvalue weighted by Crippen LogP contribution is -2.60. The van der Waals surface area contributed by atoms with E-state index in [9.17, 15) is 24.0 Å². The summed E-state index contributed by atoms with van der Waals surface area (Å²) in [6.07, 6.45) is 5.39. The zero-order valence-corrected chi connectivity index (χ0v) is 32.0. The number of hydrogen-bond donors (Lipinski definition) is 6. The van der Waals surface area contributed by atoms with Gasteiger partial charge in [0.25, 0.3) is 5.91 Å². The smallest absolute Gasteiger partial charge is 0.270 e. The van der Waals surface area contributed by atoms with E-state index in [1.165, 1.54) is 0 Å². The maximum absolute atomic E-state index is 14.1. The van der Waals surface area contributed by atoms with Gasteiger partial charge in [0, 0.05) is 37.7 Å². The minimum atomic E-state index is -1.01. The van der Waals surface area contributed by atoms with Crippen LogP contribution in [-0.4, -0.2) is 89.8 Å². The zero-order valence-electron chi connectivity index (χ0n) is 32.0. The Labute approximate surface area is 323 Å². The summed E-state index contributed by atoms with van der Waals surface area (Å²) in [5, 5.41) is 11.7. The van der Waals surface area contributed by atoms with E-state index in [2.05, 4.69) is 26.3 Å². The molecule has 1 fully saturated rings. The van der Waals surface area contributed by atoms with Crippen LogP contribution in [0.5, 0.6) is 0 Å². The predicted octanol–water partition coefficient (Wildman–Crippen LogP) is 2.13. The minimum Gasteiger partial charge on any atom is -0.350 e. The van der Waals surface area contributed by atoms with E-state index in [1.54, 1.807) is 11.1 Å². The van der Waals surface area contributed by atoms with Gasteiger partial charge >= 0.3 is 0 Å². The maximum Gasteiger partial charge on any atom is 0.270 e. The lowest BCUT2D eigenvalue weighted by Gasteiger charge is -2.45. The number of piperidine rings is 1. The second-order valence-electron chi connectivity index (χ2n) is 15.3. The summed E-state index contributed by atoms with van der Waals surface area (Å²) in [5.74, 6) is -1.83. The van der Waals surface area contributed by atoms with Crippen LogP contribution in [0.3, 0.4) is 0 Å². The van der Waals surface area contributed by atoms with Crippen LogP contribution >= 0.6 is 0 Å². The molecule has 5 amide bonds. The SMILES string of the molecule is CC(C)C[C@@H](NC(=O)[C@@H](Cc1ccccc1)NC(=O)[C@H](N)Cc1ccccc1)C(=O)N[C@H](CCCCN)C(=O)N1CCC2(CC1)CNC(=O)c1ncccc12. The Morgan fingerprint density at radius 1 is 0.800 bits per heavy atom. The third-order valence-electron chi connectivity index (χ3n) is 10.7. The summed E-state index contributed by atoms with van der Waals surface area (Å²) < 4.78 is 0. The van der Waals surface area contributed by atoms with E-state index in [4.69, 9.17) is 11.5 Å². The van der Waals surface area contributed by atoms with Gasteiger partial charge in [-0.25, -0.2) is 0 Å². The molecule has 8 N–H and O–H groups in total. The average molecular weight is 753 g/mol. The van der Waals surface area contributed by atoms with Crippen LogP contribution in [0.1, 0.15) is 79.6 Å². The quantitative estimate of drug-likeness (QED) is 0.113. The standard InChI is InChI=1S/C42H56N8O5/c1-28(2)24-34(49-39(53)35(26-30-14-7-4-8-15-30)48-37(51)32(44)25-29-12-5-3-6-13-29)38(52)47-33(17-9-10-20-43)41(55)50-22-18-42(19-23-50)27-46-40(54)36-31(42)16-11-21-45-36/h3-8,11-16,21,28,32-35H,9-10,17-20,22-27,43-44H2,1-2H3,(H,46,54)(H,47,52)(H,48,51)(H,49,53)/t32-,33-,34-,35-/m1/s1. The number of unbranched alkanes of at least 4 members (excludes halogenated alkanes) is 1. The highest BCUT2D eigenvalue weighted by Gasteiger charge is 2.44. The van der Waals surface area contributed by atoms with Crippen molar-refractivity contribution in [3.05, 3.63) is 101 Å². The Morgan fingerprint density at radius 2 is 1.40 bits per heavy atom. The molecule has 0 aliphatic carbocycles. The molecule has 13 heteroatoms. The lowest BCUT2D eigenvalue weighted by atomic mass is 9.70. The minimum absolute atomic E-state index is 0.0236. The van der Waals surface area contributed by atoms with Crippen LogP contribution in [-0.2, 0) is 37.4 Å². The fourth-order valence-electron chi connectivity index (χ4n) is 7.56. The fraction of sp³-hybridized carbons (Fsp3) is 0.476. The van der Waals surface area contributed by atoms with Gasteiger partial charge in [0.15, 0.2) is 0 Å². The van der Waals surface area contributed by atoms with Crippen molar-refractivity contribution in [1.82, 2.24) is 31.2 Å². The molecule has 5 rings (SSSR count). The van der Waals surface area contributed by atoms with Crippen LogP contribution in [0.2, 0.25) is 0 Å². The van der Waals surface area contributed by atoms with Gasteiger partial charge in [-0.2, -0.15) is 0 Å². The second-order valence-corrected chi connectivity index (χ2v) is 15.3. The molecule has 13 nitrogen and oxygen atoms in total. The third-order valence-corrected chi connectivity index (χ3v) is 10.7. The Hall–Kier alpha value is -5.14. The molecule has 3 heterocycles.